The molecule has 236 valence electrons. The van der Waals surface area contributed by atoms with Crippen molar-refractivity contribution in [1.29, 1.82) is 0 Å². The first-order valence-electron chi connectivity index (χ1n) is 14.5. The molecule has 1 N–H and O–H groups in total. The molecule has 0 aliphatic heterocycles. The topological polar surface area (TPSA) is 86.8 Å². The van der Waals surface area contributed by atoms with E-state index in [0.29, 0.717) is 10.6 Å². The van der Waals surface area contributed by atoms with E-state index in [9.17, 15) is 22.4 Å². The van der Waals surface area contributed by atoms with Crippen LogP contribution in [0.4, 0.5) is 10.1 Å². The number of hydrogen-bond donors (Lipinski definition) is 1. The van der Waals surface area contributed by atoms with Gasteiger partial charge in [-0.3, -0.25) is 13.9 Å². The van der Waals surface area contributed by atoms with Gasteiger partial charge in [-0.05, 0) is 81.3 Å². The zero-order valence-corrected chi connectivity index (χ0v) is 27.3. The summed E-state index contributed by atoms with van der Waals surface area (Å²) in [5.74, 6) is -1.48. The average molecular weight is 650 g/mol. The van der Waals surface area contributed by atoms with Gasteiger partial charge in [0.15, 0.2) is 0 Å². The number of amides is 2. The fourth-order valence-electron chi connectivity index (χ4n) is 4.79. The molecule has 0 spiro atoms. The third-order valence-electron chi connectivity index (χ3n) is 7.02. The maximum absolute atomic E-state index is 14.4. The zero-order valence-electron chi connectivity index (χ0n) is 25.7. The van der Waals surface area contributed by atoms with Gasteiger partial charge >= 0.3 is 0 Å². The average Bonchev–Trinajstić information content (AvgIpc) is 2.98. The van der Waals surface area contributed by atoms with Crippen molar-refractivity contribution in [2.24, 2.45) is 0 Å². The lowest BCUT2D eigenvalue weighted by atomic mass is 10.0. The predicted octanol–water partition coefficient (Wildman–Crippen LogP) is 6.54. The van der Waals surface area contributed by atoms with E-state index in [4.69, 9.17) is 11.6 Å². The fourth-order valence-corrected chi connectivity index (χ4v) is 6.38. The Bertz CT molecular complexity index is 1730. The molecule has 0 radical (unpaired) electrons. The Hall–Kier alpha value is -4.21. The highest BCUT2D eigenvalue weighted by atomic mass is 35.5. The second kappa shape index (κ2) is 14.3. The summed E-state index contributed by atoms with van der Waals surface area (Å²) in [6.07, 6.45) is 0.164. The molecule has 0 aliphatic carbocycles. The first kappa shape index (κ1) is 33.7. The van der Waals surface area contributed by atoms with Gasteiger partial charge in [0.2, 0.25) is 11.8 Å². The van der Waals surface area contributed by atoms with Crippen molar-refractivity contribution in [2.45, 2.75) is 57.1 Å². The highest BCUT2D eigenvalue weighted by molar-refractivity contribution is 7.92. The van der Waals surface area contributed by atoms with Crippen LogP contribution in [-0.2, 0) is 32.6 Å². The van der Waals surface area contributed by atoms with E-state index >= 15 is 0 Å². The Kier molecular flexibility index (Phi) is 10.7. The van der Waals surface area contributed by atoms with Gasteiger partial charge in [0.1, 0.15) is 18.4 Å². The number of rotatable bonds is 11. The van der Waals surface area contributed by atoms with Crippen molar-refractivity contribution < 1.29 is 22.4 Å². The van der Waals surface area contributed by atoms with Crippen molar-refractivity contribution >= 4 is 39.1 Å². The van der Waals surface area contributed by atoms with Crippen LogP contribution in [0.5, 0.6) is 0 Å². The quantitative estimate of drug-likeness (QED) is 0.200. The Labute approximate surface area is 269 Å². The molecule has 0 bridgehead atoms. The van der Waals surface area contributed by atoms with E-state index in [1.54, 1.807) is 30.3 Å². The molecule has 0 saturated carbocycles. The number of carbonyl (C=O) groups excluding carboxylic acids is 2. The minimum absolute atomic E-state index is 0.00253. The lowest BCUT2D eigenvalue weighted by molar-refractivity contribution is -0.140. The Morgan fingerprint density at radius 1 is 0.867 bits per heavy atom. The fraction of sp³-hybridized carbons (Fsp3) is 0.257. The molecule has 1 atom stereocenters. The molecule has 0 aromatic heterocycles. The van der Waals surface area contributed by atoms with Crippen LogP contribution in [0.2, 0.25) is 5.02 Å². The molecule has 4 aromatic rings. The van der Waals surface area contributed by atoms with E-state index < -0.39 is 45.8 Å². The van der Waals surface area contributed by atoms with Gasteiger partial charge in [0.25, 0.3) is 10.0 Å². The molecular formula is C35H37ClFN3O4S. The van der Waals surface area contributed by atoms with E-state index in [1.807, 2.05) is 58.0 Å². The number of nitrogens with one attached hydrogen (secondary N) is 1. The Balaban J connectivity index is 1.81. The van der Waals surface area contributed by atoms with Crippen molar-refractivity contribution in [3.8, 4) is 0 Å². The molecule has 0 heterocycles. The van der Waals surface area contributed by atoms with E-state index in [1.165, 1.54) is 47.4 Å². The van der Waals surface area contributed by atoms with E-state index in [-0.39, 0.29) is 23.5 Å². The van der Waals surface area contributed by atoms with Crippen LogP contribution in [0.25, 0.3) is 0 Å². The molecule has 45 heavy (non-hydrogen) atoms. The molecule has 0 fully saturated rings. The number of sulfonamides is 1. The molecule has 2 amide bonds. The lowest BCUT2D eigenvalue weighted by Crippen LogP contribution is -2.56. The SMILES string of the molecule is Cc1ccc(S(=O)(=O)N(CC(=O)N(Cc2ccc(F)cc2)[C@@H](Cc2ccccc2)C(=O)NC(C)(C)C)c2cccc(Cl)c2)cc1. The molecule has 4 rings (SSSR count). The third-order valence-corrected chi connectivity index (χ3v) is 9.04. The summed E-state index contributed by atoms with van der Waals surface area (Å²) in [7, 11) is -4.25. The highest BCUT2D eigenvalue weighted by Crippen LogP contribution is 2.27. The maximum Gasteiger partial charge on any atom is 0.264 e. The van der Waals surface area contributed by atoms with Crippen LogP contribution >= 0.6 is 11.6 Å². The van der Waals surface area contributed by atoms with Crippen LogP contribution in [0.3, 0.4) is 0 Å². The van der Waals surface area contributed by atoms with Crippen LogP contribution in [-0.4, -0.2) is 43.3 Å². The van der Waals surface area contributed by atoms with Gasteiger partial charge in [-0.25, -0.2) is 12.8 Å². The number of carbonyl (C=O) groups is 2. The second-order valence-corrected chi connectivity index (χ2v) is 14.2. The number of nitrogens with zero attached hydrogens (tertiary/aromatic N) is 2. The Morgan fingerprint density at radius 3 is 2.11 bits per heavy atom. The molecule has 0 unspecified atom stereocenters. The highest BCUT2D eigenvalue weighted by Gasteiger charge is 2.35. The number of hydrogen-bond acceptors (Lipinski definition) is 4. The van der Waals surface area contributed by atoms with Crippen LogP contribution in [0.15, 0.2) is 108 Å². The summed E-state index contributed by atoms with van der Waals surface area (Å²) < 4.78 is 43.0. The largest absolute Gasteiger partial charge is 0.350 e. The van der Waals surface area contributed by atoms with Crippen LogP contribution in [0, 0.1) is 12.7 Å². The first-order valence-corrected chi connectivity index (χ1v) is 16.3. The summed E-state index contributed by atoms with van der Waals surface area (Å²) in [6.45, 7) is 6.67. The van der Waals surface area contributed by atoms with Gasteiger partial charge in [0, 0.05) is 23.5 Å². The van der Waals surface area contributed by atoms with Crippen molar-refractivity contribution in [3.05, 3.63) is 131 Å². The van der Waals surface area contributed by atoms with Crippen molar-refractivity contribution in [2.75, 3.05) is 10.8 Å². The Morgan fingerprint density at radius 2 is 1.51 bits per heavy atom. The second-order valence-electron chi connectivity index (χ2n) is 11.9. The number of halogens is 2. The van der Waals surface area contributed by atoms with Gasteiger partial charge in [0.05, 0.1) is 10.6 Å². The van der Waals surface area contributed by atoms with Crippen molar-refractivity contribution in [1.82, 2.24) is 10.2 Å². The summed E-state index contributed by atoms with van der Waals surface area (Å²) in [4.78, 5) is 29.7. The predicted molar refractivity (Wildman–Crippen MR) is 176 cm³/mol. The standard InChI is InChI=1S/C35H37ClFN3O4S/c1-25-13-19-31(20-14-25)45(43,44)40(30-12-8-11-28(36)22-30)24-33(41)39(23-27-15-17-29(37)18-16-27)32(34(42)38-35(2,3)4)21-26-9-6-5-7-10-26/h5-20,22,32H,21,23-24H2,1-4H3,(H,38,42)/t32-/m0/s1. The normalized spacial score (nSPS) is 12.3. The maximum atomic E-state index is 14.4. The molecule has 0 aliphatic rings. The molecule has 0 saturated heterocycles. The number of benzene rings is 4. The van der Waals surface area contributed by atoms with Gasteiger partial charge < -0.3 is 10.2 Å². The van der Waals surface area contributed by atoms with Gasteiger partial charge in [-0.2, -0.15) is 0 Å². The molecule has 10 heteroatoms. The summed E-state index contributed by atoms with van der Waals surface area (Å²) in [5.41, 5.74) is 1.83. The lowest BCUT2D eigenvalue weighted by Gasteiger charge is -2.35. The minimum Gasteiger partial charge on any atom is -0.350 e. The zero-order chi connectivity index (χ0) is 32.8. The molecule has 4 aromatic carbocycles. The third kappa shape index (κ3) is 9.15. The summed E-state index contributed by atoms with van der Waals surface area (Å²) in [6, 6.07) is 26.4. The minimum atomic E-state index is -4.25. The van der Waals surface area contributed by atoms with Gasteiger partial charge in [-0.1, -0.05) is 77.8 Å². The van der Waals surface area contributed by atoms with Crippen LogP contribution in [0.1, 0.15) is 37.5 Å². The molecular weight excluding hydrogens is 613 g/mol. The number of aryl methyl sites for hydroxylation is 1. The van der Waals surface area contributed by atoms with Gasteiger partial charge in [-0.15, -0.1) is 0 Å². The molecule has 7 nitrogen and oxygen atoms in total. The smallest absolute Gasteiger partial charge is 0.264 e. The number of anilines is 1. The monoisotopic (exact) mass is 649 g/mol. The first-order chi connectivity index (χ1) is 21.2. The van der Waals surface area contributed by atoms with E-state index in [0.717, 1.165) is 15.4 Å². The van der Waals surface area contributed by atoms with E-state index in [2.05, 4.69) is 5.32 Å². The summed E-state index contributed by atoms with van der Waals surface area (Å²) >= 11 is 6.27. The summed E-state index contributed by atoms with van der Waals surface area (Å²) in [5, 5.41) is 3.27. The van der Waals surface area contributed by atoms with Crippen molar-refractivity contribution in [3.63, 3.8) is 0 Å². The van der Waals surface area contributed by atoms with Crippen LogP contribution < -0.4 is 9.62 Å².